The molecule has 1 aliphatic rings. The van der Waals surface area contributed by atoms with E-state index in [2.05, 4.69) is 11.4 Å². The molecule has 7 nitrogen and oxygen atoms in total. The van der Waals surface area contributed by atoms with E-state index in [1.54, 1.807) is 44.6 Å². The highest BCUT2D eigenvalue weighted by molar-refractivity contribution is 5.96. The number of carbonyl (C=O) groups excluding carboxylic acids is 1. The Kier molecular flexibility index (Phi) is 7.15. The number of nitrogens with two attached hydrogens (primary N) is 1. The van der Waals surface area contributed by atoms with Gasteiger partial charge in [0, 0.05) is 5.56 Å². The summed E-state index contributed by atoms with van der Waals surface area (Å²) in [5.41, 5.74) is 11.6. The van der Waals surface area contributed by atoms with Gasteiger partial charge in [0.05, 0.1) is 39.2 Å². The third kappa shape index (κ3) is 5.39. The molecular weight excluding hydrogens is 432 g/mol. The molecule has 0 radical (unpaired) electrons. The van der Waals surface area contributed by atoms with Crippen LogP contribution in [-0.4, -0.2) is 31.3 Å². The maximum absolute atomic E-state index is 12.7. The van der Waals surface area contributed by atoms with Gasteiger partial charge in [0.25, 0.3) is 0 Å². The molecule has 1 atom stereocenters. The lowest BCUT2D eigenvalue weighted by molar-refractivity contribution is -0.117. The van der Waals surface area contributed by atoms with Gasteiger partial charge in [-0.2, -0.15) is 0 Å². The molecule has 176 valence electrons. The highest BCUT2D eigenvalue weighted by Crippen LogP contribution is 2.32. The number of methoxy groups -OCH3 is 2. The zero-order valence-electron chi connectivity index (χ0n) is 19.2. The van der Waals surface area contributed by atoms with Gasteiger partial charge in [0.1, 0.15) is 17.2 Å². The summed E-state index contributed by atoms with van der Waals surface area (Å²) in [5, 5.41) is 12.3. The van der Waals surface area contributed by atoms with Crippen molar-refractivity contribution in [1.29, 1.82) is 0 Å². The first kappa shape index (κ1) is 23.4. The van der Waals surface area contributed by atoms with Crippen LogP contribution in [0.25, 0.3) is 12.2 Å². The van der Waals surface area contributed by atoms with E-state index in [0.29, 0.717) is 31.1 Å². The number of phenolic OH excluding ortho intramolecular Hbond substituents is 1. The minimum atomic E-state index is -0.755. The second-order valence-corrected chi connectivity index (χ2v) is 8.11. The van der Waals surface area contributed by atoms with Crippen LogP contribution in [0, 0.1) is 0 Å². The first-order chi connectivity index (χ1) is 16.5. The maximum atomic E-state index is 12.7. The predicted molar refractivity (Wildman–Crippen MR) is 132 cm³/mol. The topological polar surface area (TPSA) is 103 Å². The monoisotopic (exact) mass is 460 g/mol. The van der Waals surface area contributed by atoms with Gasteiger partial charge in [-0.15, -0.1) is 0 Å². The summed E-state index contributed by atoms with van der Waals surface area (Å²) < 4.78 is 16.5. The summed E-state index contributed by atoms with van der Waals surface area (Å²) in [4.78, 5) is 12.7. The fourth-order valence-corrected chi connectivity index (χ4v) is 3.88. The quantitative estimate of drug-likeness (QED) is 0.437. The average molecular weight is 461 g/mol. The van der Waals surface area contributed by atoms with Gasteiger partial charge < -0.3 is 30.4 Å². The van der Waals surface area contributed by atoms with Crippen molar-refractivity contribution >= 4 is 23.7 Å². The summed E-state index contributed by atoms with van der Waals surface area (Å²) in [6.45, 7) is 1.15. The molecule has 0 saturated carbocycles. The molecule has 0 aromatic heterocycles. The number of carbonyl (C=O) groups is 1. The van der Waals surface area contributed by atoms with Crippen molar-refractivity contribution in [1.82, 2.24) is 0 Å². The zero-order valence-corrected chi connectivity index (χ0v) is 19.2. The number of phenols is 1. The lowest BCUT2D eigenvalue weighted by atomic mass is 10.0. The molecule has 34 heavy (non-hydrogen) atoms. The van der Waals surface area contributed by atoms with Crippen molar-refractivity contribution in [2.24, 2.45) is 5.73 Å². The molecule has 7 heteroatoms. The van der Waals surface area contributed by atoms with Crippen molar-refractivity contribution in [3.63, 3.8) is 0 Å². The van der Waals surface area contributed by atoms with Crippen molar-refractivity contribution in [2.75, 3.05) is 19.5 Å². The number of anilines is 1. The Morgan fingerprint density at radius 3 is 2.50 bits per heavy atom. The lowest BCUT2D eigenvalue weighted by Gasteiger charge is -2.15. The van der Waals surface area contributed by atoms with Gasteiger partial charge in [-0.25, -0.2) is 0 Å². The number of benzene rings is 3. The van der Waals surface area contributed by atoms with Crippen LogP contribution in [0.5, 0.6) is 17.2 Å². The number of ether oxygens (including phenoxy) is 3. The van der Waals surface area contributed by atoms with Gasteiger partial charge in [-0.05, 0) is 65.1 Å². The Hall–Kier alpha value is -3.81. The van der Waals surface area contributed by atoms with Crippen molar-refractivity contribution in [3.8, 4) is 17.2 Å². The van der Waals surface area contributed by atoms with Gasteiger partial charge in [0.15, 0.2) is 0 Å². The van der Waals surface area contributed by atoms with Crippen LogP contribution in [0.1, 0.15) is 27.8 Å². The van der Waals surface area contributed by atoms with Crippen LogP contribution in [0.15, 0.2) is 54.6 Å². The number of hydrogen-bond donors (Lipinski definition) is 3. The fraction of sp³-hybridized carbons (Fsp3) is 0.222. The van der Waals surface area contributed by atoms with Crippen LogP contribution in [0.2, 0.25) is 0 Å². The summed E-state index contributed by atoms with van der Waals surface area (Å²) >= 11 is 0. The number of fused-ring (bicyclic) bond motifs is 1. The normalized spacial score (nSPS) is 13.5. The molecule has 1 amide bonds. The van der Waals surface area contributed by atoms with E-state index in [1.807, 2.05) is 30.4 Å². The minimum Gasteiger partial charge on any atom is -0.508 e. The average Bonchev–Trinajstić information content (AvgIpc) is 3.32. The second-order valence-electron chi connectivity index (χ2n) is 8.11. The van der Waals surface area contributed by atoms with Crippen molar-refractivity contribution in [3.05, 3.63) is 82.4 Å². The third-order valence-electron chi connectivity index (χ3n) is 5.73. The lowest BCUT2D eigenvalue weighted by Crippen LogP contribution is -2.37. The molecule has 1 unspecified atom stereocenters. The molecule has 3 aromatic rings. The van der Waals surface area contributed by atoms with Crippen LogP contribution in [0.4, 0.5) is 5.69 Å². The summed E-state index contributed by atoms with van der Waals surface area (Å²) in [5.74, 6) is 1.21. The smallest absolute Gasteiger partial charge is 0.241 e. The Balaban J connectivity index is 1.49. The minimum absolute atomic E-state index is 0.169. The standard InChI is InChI=1S/C27H28N2O5/c1-32-25-10-7-18(3-4-19-11-20-15-34-16-22(20)26(14-19)33-2)13-24(25)29-27(31)23(28)12-17-5-8-21(30)9-6-17/h3-11,13-14,23,30H,12,15-16,28H2,1-2H3,(H,29,31)/b4-3-. The first-order valence-corrected chi connectivity index (χ1v) is 10.9. The van der Waals surface area contributed by atoms with E-state index >= 15 is 0 Å². The summed E-state index contributed by atoms with van der Waals surface area (Å²) in [6.07, 6.45) is 4.30. The van der Waals surface area contributed by atoms with E-state index in [9.17, 15) is 9.90 Å². The van der Waals surface area contributed by atoms with Crippen LogP contribution in [-0.2, 0) is 29.2 Å². The van der Waals surface area contributed by atoms with Gasteiger partial charge in [0.2, 0.25) is 5.91 Å². The Bertz CT molecular complexity index is 1200. The van der Waals surface area contributed by atoms with Crippen LogP contribution >= 0.6 is 0 Å². The van der Waals surface area contributed by atoms with E-state index in [4.69, 9.17) is 19.9 Å². The van der Waals surface area contributed by atoms with Crippen molar-refractivity contribution in [2.45, 2.75) is 25.7 Å². The molecular formula is C27H28N2O5. The molecule has 4 rings (SSSR count). The molecule has 4 N–H and O–H groups in total. The van der Waals surface area contributed by atoms with Crippen molar-refractivity contribution < 1.29 is 24.1 Å². The van der Waals surface area contributed by atoms with Gasteiger partial charge in [-0.1, -0.05) is 30.4 Å². The van der Waals surface area contributed by atoms with Crippen LogP contribution in [0.3, 0.4) is 0 Å². The fourth-order valence-electron chi connectivity index (χ4n) is 3.88. The van der Waals surface area contributed by atoms with E-state index in [-0.39, 0.29) is 11.7 Å². The Labute approximate surface area is 198 Å². The summed E-state index contributed by atoms with van der Waals surface area (Å²) in [7, 11) is 3.21. The molecule has 0 fully saturated rings. The molecule has 0 aliphatic carbocycles. The van der Waals surface area contributed by atoms with Crippen LogP contribution < -0.4 is 20.5 Å². The molecule has 0 spiro atoms. The maximum Gasteiger partial charge on any atom is 0.241 e. The SMILES string of the molecule is COc1ccc(/C=C\c2cc3c(c(OC)c2)COC3)cc1NC(=O)C(N)Cc1ccc(O)cc1. The number of nitrogens with one attached hydrogen (secondary N) is 1. The van der Waals surface area contributed by atoms with E-state index < -0.39 is 6.04 Å². The molecule has 3 aromatic carbocycles. The highest BCUT2D eigenvalue weighted by atomic mass is 16.5. The predicted octanol–water partition coefficient (Wildman–Crippen LogP) is 4.12. The number of aromatic hydroxyl groups is 1. The molecule has 0 bridgehead atoms. The van der Waals surface area contributed by atoms with Gasteiger partial charge >= 0.3 is 0 Å². The van der Waals surface area contributed by atoms with Gasteiger partial charge in [-0.3, -0.25) is 4.79 Å². The van der Waals surface area contributed by atoms with E-state index in [0.717, 1.165) is 33.6 Å². The molecule has 1 aliphatic heterocycles. The molecule has 1 heterocycles. The largest absolute Gasteiger partial charge is 0.508 e. The second kappa shape index (κ2) is 10.4. The molecule has 0 saturated heterocycles. The highest BCUT2D eigenvalue weighted by Gasteiger charge is 2.18. The first-order valence-electron chi connectivity index (χ1n) is 10.9. The number of hydrogen-bond acceptors (Lipinski definition) is 6. The summed E-state index contributed by atoms with van der Waals surface area (Å²) in [6, 6.07) is 15.5. The Morgan fingerprint density at radius 2 is 1.76 bits per heavy atom. The van der Waals surface area contributed by atoms with E-state index in [1.165, 1.54) is 0 Å². The third-order valence-corrected chi connectivity index (χ3v) is 5.73. The Morgan fingerprint density at radius 1 is 1.03 bits per heavy atom. The number of rotatable bonds is 8. The number of amides is 1. The zero-order chi connectivity index (χ0) is 24.1.